The summed E-state index contributed by atoms with van der Waals surface area (Å²) in [5.41, 5.74) is 0.445. The number of para-hydroxylation sites is 2. The standard InChI is InChI=1S/C16H13IN2O5/c1-10-5-4-6-11(15(10)19(22)23)16(21)24-9-14(20)18-13-8-3-2-7-12(13)17/h2-8H,9H2,1H3,(H,18,20). The molecule has 0 saturated carbocycles. The third-order valence-corrected chi connectivity index (χ3v) is 4.06. The van der Waals surface area contributed by atoms with Crippen molar-refractivity contribution in [1.29, 1.82) is 0 Å². The van der Waals surface area contributed by atoms with Crippen molar-refractivity contribution in [2.75, 3.05) is 11.9 Å². The summed E-state index contributed by atoms with van der Waals surface area (Å²) in [6, 6.07) is 11.5. The molecule has 0 aromatic heterocycles. The van der Waals surface area contributed by atoms with Gasteiger partial charge in [-0.25, -0.2) is 4.79 Å². The van der Waals surface area contributed by atoms with Crippen molar-refractivity contribution < 1.29 is 19.2 Å². The lowest BCUT2D eigenvalue weighted by atomic mass is 10.1. The minimum atomic E-state index is -0.914. The topological polar surface area (TPSA) is 98.5 Å². The highest BCUT2D eigenvalue weighted by Gasteiger charge is 2.24. The van der Waals surface area contributed by atoms with E-state index in [2.05, 4.69) is 27.9 Å². The number of nitrogens with one attached hydrogen (secondary N) is 1. The average Bonchev–Trinajstić information content (AvgIpc) is 2.54. The molecule has 0 bridgehead atoms. The molecule has 8 heteroatoms. The van der Waals surface area contributed by atoms with Crippen molar-refractivity contribution in [1.82, 2.24) is 0 Å². The van der Waals surface area contributed by atoms with Crippen molar-refractivity contribution in [3.8, 4) is 0 Å². The molecule has 0 aliphatic carbocycles. The summed E-state index contributed by atoms with van der Waals surface area (Å²) < 4.78 is 5.73. The van der Waals surface area contributed by atoms with Gasteiger partial charge in [0.2, 0.25) is 0 Å². The molecule has 2 rings (SSSR count). The Morgan fingerprint density at radius 2 is 1.92 bits per heavy atom. The number of benzene rings is 2. The van der Waals surface area contributed by atoms with Gasteiger partial charge in [-0.1, -0.05) is 24.3 Å². The van der Waals surface area contributed by atoms with Crippen LogP contribution < -0.4 is 5.32 Å². The van der Waals surface area contributed by atoms with Gasteiger partial charge in [0.1, 0.15) is 5.56 Å². The monoisotopic (exact) mass is 440 g/mol. The van der Waals surface area contributed by atoms with Gasteiger partial charge >= 0.3 is 5.97 Å². The number of rotatable bonds is 5. The molecule has 1 amide bonds. The smallest absolute Gasteiger partial charge is 0.345 e. The Labute approximate surface area is 151 Å². The lowest BCUT2D eigenvalue weighted by Crippen LogP contribution is -2.21. The molecule has 24 heavy (non-hydrogen) atoms. The highest BCUT2D eigenvalue weighted by Crippen LogP contribution is 2.23. The maximum Gasteiger partial charge on any atom is 0.345 e. The second-order valence-corrected chi connectivity index (χ2v) is 5.99. The summed E-state index contributed by atoms with van der Waals surface area (Å²) in [4.78, 5) is 34.3. The number of nitro groups is 1. The zero-order chi connectivity index (χ0) is 17.7. The maximum atomic E-state index is 12.0. The first-order valence-corrected chi connectivity index (χ1v) is 7.93. The Hall–Kier alpha value is -2.49. The zero-order valence-corrected chi connectivity index (χ0v) is 14.8. The van der Waals surface area contributed by atoms with Crippen LogP contribution in [0.4, 0.5) is 11.4 Å². The van der Waals surface area contributed by atoms with Crippen LogP contribution in [0.1, 0.15) is 15.9 Å². The predicted octanol–water partition coefficient (Wildman–Crippen LogP) is 3.30. The van der Waals surface area contributed by atoms with Crippen LogP contribution in [-0.4, -0.2) is 23.4 Å². The number of aryl methyl sites for hydroxylation is 1. The first-order chi connectivity index (χ1) is 11.4. The molecule has 0 saturated heterocycles. The number of hydrogen-bond donors (Lipinski definition) is 1. The van der Waals surface area contributed by atoms with Gasteiger partial charge in [-0.05, 0) is 47.7 Å². The normalized spacial score (nSPS) is 10.1. The number of nitro benzene ring substituents is 1. The fourth-order valence-corrected chi connectivity index (χ4v) is 2.55. The van der Waals surface area contributed by atoms with E-state index < -0.39 is 23.4 Å². The van der Waals surface area contributed by atoms with Crippen LogP contribution in [0, 0.1) is 20.6 Å². The van der Waals surface area contributed by atoms with E-state index in [0.29, 0.717) is 11.3 Å². The Morgan fingerprint density at radius 3 is 2.58 bits per heavy atom. The summed E-state index contributed by atoms with van der Waals surface area (Å²) in [5.74, 6) is -1.44. The molecule has 2 aromatic rings. The van der Waals surface area contributed by atoms with Gasteiger partial charge in [-0.15, -0.1) is 0 Å². The number of ether oxygens (including phenoxy) is 1. The van der Waals surface area contributed by atoms with Crippen LogP contribution in [0.5, 0.6) is 0 Å². The van der Waals surface area contributed by atoms with E-state index in [1.807, 2.05) is 12.1 Å². The SMILES string of the molecule is Cc1cccc(C(=O)OCC(=O)Nc2ccccc2I)c1[N+](=O)[O-]. The second kappa shape index (κ2) is 7.86. The Balaban J connectivity index is 2.04. The molecule has 2 aromatic carbocycles. The number of esters is 1. The van der Waals surface area contributed by atoms with E-state index in [4.69, 9.17) is 4.74 Å². The largest absolute Gasteiger partial charge is 0.452 e. The van der Waals surface area contributed by atoms with E-state index in [-0.39, 0.29) is 11.3 Å². The molecule has 0 fully saturated rings. The van der Waals surface area contributed by atoms with Crippen LogP contribution in [0.15, 0.2) is 42.5 Å². The van der Waals surface area contributed by atoms with Gasteiger partial charge in [-0.2, -0.15) is 0 Å². The minimum Gasteiger partial charge on any atom is -0.452 e. The van der Waals surface area contributed by atoms with Crippen molar-refractivity contribution in [2.24, 2.45) is 0 Å². The van der Waals surface area contributed by atoms with Gasteiger partial charge in [0.05, 0.1) is 10.6 Å². The molecule has 0 radical (unpaired) electrons. The predicted molar refractivity (Wildman–Crippen MR) is 95.9 cm³/mol. The molecular formula is C16H13IN2O5. The van der Waals surface area contributed by atoms with Crippen LogP contribution in [-0.2, 0) is 9.53 Å². The van der Waals surface area contributed by atoms with Crippen LogP contribution in [0.3, 0.4) is 0 Å². The van der Waals surface area contributed by atoms with Crippen molar-refractivity contribution in [2.45, 2.75) is 6.92 Å². The molecule has 0 atom stereocenters. The minimum absolute atomic E-state index is 0.179. The maximum absolute atomic E-state index is 12.0. The highest BCUT2D eigenvalue weighted by atomic mass is 127. The Morgan fingerprint density at radius 1 is 1.21 bits per heavy atom. The number of halogens is 1. The zero-order valence-electron chi connectivity index (χ0n) is 12.6. The Bertz CT molecular complexity index is 807. The third-order valence-electron chi connectivity index (χ3n) is 3.12. The second-order valence-electron chi connectivity index (χ2n) is 4.83. The number of anilines is 1. The first-order valence-electron chi connectivity index (χ1n) is 6.85. The van der Waals surface area contributed by atoms with Crippen LogP contribution in [0.2, 0.25) is 0 Å². The summed E-state index contributed by atoms with van der Waals surface area (Å²) in [6.07, 6.45) is 0. The van der Waals surface area contributed by atoms with Crippen molar-refractivity contribution in [3.63, 3.8) is 0 Å². The van der Waals surface area contributed by atoms with Gasteiger partial charge in [0.15, 0.2) is 6.61 Å². The molecule has 0 unspecified atom stereocenters. The molecule has 0 heterocycles. The molecular weight excluding hydrogens is 427 g/mol. The molecule has 0 aliphatic heterocycles. The van der Waals surface area contributed by atoms with Gasteiger partial charge in [0.25, 0.3) is 11.6 Å². The fourth-order valence-electron chi connectivity index (χ4n) is 2.02. The number of amides is 1. The number of hydrogen-bond acceptors (Lipinski definition) is 5. The molecule has 0 spiro atoms. The molecule has 7 nitrogen and oxygen atoms in total. The summed E-state index contributed by atoms with van der Waals surface area (Å²) in [6.45, 7) is 0.994. The van der Waals surface area contributed by atoms with Gasteiger partial charge in [-0.3, -0.25) is 14.9 Å². The van der Waals surface area contributed by atoms with E-state index in [9.17, 15) is 19.7 Å². The van der Waals surface area contributed by atoms with Crippen LogP contribution in [0.25, 0.3) is 0 Å². The van der Waals surface area contributed by atoms with Gasteiger partial charge < -0.3 is 10.1 Å². The number of carbonyl (C=O) groups excluding carboxylic acids is 2. The van der Waals surface area contributed by atoms with Crippen LogP contribution >= 0.6 is 22.6 Å². The summed E-state index contributed by atoms with van der Waals surface area (Å²) >= 11 is 2.06. The molecule has 0 aliphatic rings. The highest BCUT2D eigenvalue weighted by molar-refractivity contribution is 14.1. The Kier molecular flexibility index (Phi) is 5.85. The summed E-state index contributed by atoms with van der Waals surface area (Å²) in [7, 11) is 0. The summed E-state index contributed by atoms with van der Waals surface area (Å²) in [5, 5.41) is 13.7. The number of carbonyl (C=O) groups is 2. The van der Waals surface area contributed by atoms with E-state index in [1.165, 1.54) is 25.1 Å². The van der Waals surface area contributed by atoms with E-state index >= 15 is 0 Å². The van der Waals surface area contributed by atoms with Crippen molar-refractivity contribution >= 4 is 45.8 Å². The van der Waals surface area contributed by atoms with Gasteiger partial charge in [0, 0.05) is 9.13 Å². The third kappa shape index (κ3) is 4.28. The van der Waals surface area contributed by atoms with Crippen molar-refractivity contribution in [3.05, 3.63) is 67.3 Å². The lowest BCUT2D eigenvalue weighted by molar-refractivity contribution is -0.385. The van der Waals surface area contributed by atoms with E-state index in [0.717, 1.165) is 3.57 Å². The lowest BCUT2D eigenvalue weighted by Gasteiger charge is -2.08. The quantitative estimate of drug-likeness (QED) is 0.333. The molecule has 124 valence electrons. The first kappa shape index (κ1) is 17.9. The fraction of sp³-hybridized carbons (Fsp3) is 0.125. The average molecular weight is 440 g/mol. The number of nitrogens with zero attached hydrogens (tertiary/aromatic N) is 1. The van der Waals surface area contributed by atoms with E-state index in [1.54, 1.807) is 12.1 Å². The molecule has 1 N–H and O–H groups in total.